The van der Waals surface area contributed by atoms with Gasteiger partial charge in [0.05, 0.1) is 33.2 Å². The number of aryl methyl sites for hydroxylation is 1. The topological polar surface area (TPSA) is 84.6 Å². The summed E-state index contributed by atoms with van der Waals surface area (Å²) in [5, 5.41) is 15.6. The molecule has 0 atom stereocenters. The van der Waals surface area contributed by atoms with Crippen molar-refractivity contribution < 1.29 is 13.5 Å². The molecule has 1 aliphatic carbocycles. The third kappa shape index (κ3) is 4.15. The summed E-state index contributed by atoms with van der Waals surface area (Å²) in [5.41, 5.74) is 2.33. The molecule has 1 N–H and O–H groups in total. The zero-order valence-electron chi connectivity index (χ0n) is 17.3. The second-order valence-electron chi connectivity index (χ2n) is 8.44. The molecule has 0 bridgehead atoms. The summed E-state index contributed by atoms with van der Waals surface area (Å²) in [6.07, 6.45) is 2.44. The van der Waals surface area contributed by atoms with Gasteiger partial charge < -0.3 is 5.11 Å². The van der Waals surface area contributed by atoms with Crippen LogP contribution >= 0.6 is 22.9 Å². The van der Waals surface area contributed by atoms with E-state index in [1.807, 2.05) is 13.0 Å². The van der Waals surface area contributed by atoms with Gasteiger partial charge in [-0.15, -0.1) is 0 Å². The molecule has 1 fully saturated rings. The van der Waals surface area contributed by atoms with E-state index in [0.717, 1.165) is 39.8 Å². The van der Waals surface area contributed by atoms with Gasteiger partial charge in [-0.3, -0.25) is 0 Å². The standard InChI is InChI=1S/C21H26ClN3O3S2/c1-12(2)20-24-25-19(13(3)23-21(25)29-20)15-6-9-17(22)18(10-15)30(27,28)11-14-4-7-16(26)8-5-14/h6,9-10,12,14,16,26H,4-5,7-8,11H2,1-3H3. The Hall–Kier alpha value is -1.48. The van der Waals surface area contributed by atoms with Gasteiger partial charge in [0.25, 0.3) is 0 Å². The van der Waals surface area contributed by atoms with Crippen LogP contribution in [0.3, 0.4) is 0 Å². The molecule has 4 rings (SSSR count). The van der Waals surface area contributed by atoms with E-state index in [1.54, 1.807) is 28.0 Å². The summed E-state index contributed by atoms with van der Waals surface area (Å²) in [6, 6.07) is 5.12. The molecular formula is C21H26ClN3O3S2. The molecule has 0 aliphatic heterocycles. The number of benzene rings is 1. The molecular weight excluding hydrogens is 442 g/mol. The van der Waals surface area contributed by atoms with Crippen molar-refractivity contribution in [2.24, 2.45) is 5.92 Å². The lowest BCUT2D eigenvalue weighted by Gasteiger charge is -2.25. The molecule has 6 nitrogen and oxygen atoms in total. The van der Waals surface area contributed by atoms with Gasteiger partial charge in [0, 0.05) is 11.5 Å². The fourth-order valence-corrected chi connectivity index (χ4v) is 7.25. The van der Waals surface area contributed by atoms with Gasteiger partial charge in [-0.25, -0.2) is 17.9 Å². The van der Waals surface area contributed by atoms with Crippen LogP contribution in [0.1, 0.15) is 56.2 Å². The monoisotopic (exact) mass is 467 g/mol. The van der Waals surface area contributed by atoms with Gasteiger partial charge in [0.1, 0.15) is 5.01 Å². The maximum Gasteiger partial charge on any atom is 0.212 e. The highest BCUT2D eigenvalue weighted by atomic mass is 35.5. The Bertz CT molecular complexity index is 1180. The second-order valence-corrected chi connectivity index (χ2v) is 11.8. The Labute approximate surface area is 185 Å². The third-order valence-corrected chi connectivity index (χ3v) is 9.27. The van der Waals surface area contributed by atoms with E-state index in [9.17, 15) is 13.5 Å². The Morgan fingerprint density at radius 1 is 1.27 bits per heavy atom. The minimum Gasteiger partial charge on any atom is -0.393 e. The van der Waals surface area contributed by atoms with Gasteiger partial charge in [-0.2, -0.15) is 5.10 Å². The van der Waals surface area contributed by atoms with E-state index >= 15 is 0 Å². The molecule has 1 aromatic carbocycles. The Balaban J connectivity index is 1.72. The van der Waals surface area contributed by atoms with Crippen LogP contribution in [0.15, 0.2) is 23.1 Å². The molecule has 1 aliphatic rings. The van der Waals surface area contributed by atoms with E-state index < -0.39 is 9.84 Å². The summed E-state index contributed by atoms with van der Waals surface area (Å²) in [7, 11) is -3.56. The maximum atomic E-state index is 13.2. The van der Waals surface area contributed by atoms with Gasteiger partial charge in [-0.1, -0.05) is 42.9 Å². The molecule has 0 amide bonds. The summed E-state index contributed by atoms with van der Waals surface area (Å²) >= 11 is 7.88. The molecule has 3 aromatic rings. The van der Waals surface area contributed by atoms with Crippen LogP contribution in [0.4, 0.5) is 0 Å². The molecule has 2 aromatic heterocycles. The highest BCUT2D eigenvalue weighted by molar-refractivity contribution is 7.91. The van der Waals surface area contributed by atoms with Gasteiger partial charge in [0.2, 0.25) is 4.96 Å². The number of fused-ring (bicyclic) bond motifs is 1. The third-order valence-electron chi connectivity index (χ3n) is 5.70. The van der Waals surface area contributed by atoms with Crippen LogP contribution in [0.5, 0.6) is 0 Å². The highest BCUT2D eigenvalue weighted by Crippen LogP contribution is 2.35. The van der Waals surface area contributed by atoms with Crippen LogP contribution in [-0.2, 0) is 9.84 Å². The quantitative estimate of drug-likeness (QED) is 0.578. The lowest BCUT2D eigenvalue weighted by molar-refractivity contribution is 0.113. The van der Waals surface area contributed by atoms with Crippen molar-refractivity contribution in [3.63, 3.8) is 0 Å². The number of aromatic nitrogens is 3. The molecule has 9 heteroatoms. The predicted octanol–water partition coefficient (Wildman–Crippen LogP) is 4.87. The van der Waals surface area contributed by atoms with Crippen LogP contribution in [0.2, 0.25) is 5.02 Å². The van der Waals surface area contributed by atoms with Crippen LogP contribution < -0.4 is 0 Å². The first-order chi connectivity index (χ1) is 14.2. The molecule has 2 heterocycles. The van der Waals surface area contributed by atoms with Crippen molar-refractivity contribution in [2.75, 3.05) is 5.75 Å². The summed E-state index contributed by atoms with van der Waals surface area (Å²) in [4.78, 5) is 5.57. The zero-order chi connectivity index (χ0) is 21.6. The molecule has 162 valence electrons. The first kappa shape index (κ1) is 21.7. The average molecular weight is 468 g/mol. The van der Waals surface area contributed by atoms with Crippen molar-refractivity contribution in [2.45, 2.75) is 63.4 Å². The fourth-order valence-electron chi connectivity index (χ4n) is 4.03. The number of sulfone groups is 1. The smallest absolute Gasteiger partial charge is 0.212 e. The Kier molecular flexibility index (Phi) is 5.96. The number of aliphatic hydroxyl groups excluding tert-OH is 1. The van der Waals surface area contributed by atoms with Gasteiger partial charge in [0.15, 0.2) is 9.84 Å². The number of imidazole rings is 1. The maximum absolute atomic E-state index is 13.2. The molecule has 0 unspecified atom stereocenters. The highest BCUT2D eigenvalue weighted by Gasteiger charge is 2.28. The van der Waals surface area contributed by atoms with E-state index in [1.165, 1.54) is 0 Å². The number of nitrogens with zero attached hydrogens (tertiary/aromatic N) is 3. The normalized spacial score (nSPS) is 20.3. The van der Waals surface area contributed by atoms with E-state index in [0.29, 0.717) is 18.8 Å². The minimum absolute atomic E-state index is 0.0497. The van der Waals surface area contributed by atoms with Crippen molar-refractivity contribution in [3.8, 4) is 11.3 Å². The first-order valence-corrected chi connectivity index (χ1v) is 13.1. The summed E-state index contributed by atoms with van der Waals surface area (Å²) in [6.45, 7) is 6.08. The van der Waals surface area contributed by atoms with Crippen molar-refractivity contribution in [1.29, 1.82) is 0 Å². The largest absolute Gasteiger partial charge is 0.393 e. The molecule has 30 heavy (non-hydrogen) atoms. The van der Waals surface area contributed by atoms with E-state index in [4.69, 9.17) is 16.7 Å². The SMILES string of the molecule is Cc1nc2sc(C(C)C)nn2c1-c1ccc(Cl)c(S(=O)(=O)CC2CCC(O)CC2)c1. The van der Waals surface area contributed by atoms with Crippen LogP contribution in [-0.4, -0.2) is 40.0 Å². The average Bonchev–Trinajstić information content (AvgIpc) is 3.21. The van der Waals surface area contributed by atoms with Crippen LogP contribution in [0, 0.1) is 12.8 Å². The van der Waals surface area contributed by atoms with Gasteiger partial charge in [-0.05, 0) is 50.7 Å². The Morgan fingerprint density at radius 2 is 1.97 bits per heavy atom. The number of hydrogen-bond donors (Lipinski definition) is 1. The molecule has 1 saturated carbocycles. The number of halogens is 1. The predicted molar refractivity (Wildman–Crippen MR) is 120 cm³/mol. The lowest BCUT2D eigenvalue weighted by Crippen LogP contribution is -2.24. The van der Waals surface area contributed by atoms with Gasteiger partial charge >= 0.3 is 0 Å². The van der Waals surface area contributed by atoms with Crippen LogP contribution in [0.25, 0.3) is 16.2 Å². The molecule has 0 radical (unpaired) electrons. The summed E-state index contributed by atoms with van der Waals surface area (Å²) < 4.78 is 28.2. The number of rotatable bonds is 5. The fraction of sp³-hybridized carbons (Fsp3) is 0.524. The second kappa shape index (κ2) is 8.22. The minimum atomic E-state index is -3.56. The molecule has 0 saturated heterocycles. The Morgan fingerprint density at radius 3 is 2.63 bits per heavy atom. The first-order valence-electron chi connectivity index (χ1n) is 10.2. The van der Waals surface area contributed by atoms with Crippen molar-refractivity contribution in [3.05, 3.63) is 33.9 Å². The van der Waals surface area contributed by atoms with E-state index in [-0.39, 0.29) is 27.7 Å². The van der Waals surface area contributed by atoms with E-state index in [2.05, 4.69) is 18.8 Å². The number of hydrogen-bond acceptors (Lipinski definition) is 6. The zero-order valence-corrected chi connectivity index (χ0v) is 19.7. The summed E-state index contributed by atoms with van der Waals surface area (Å²) in [5.74, 6) is 0.395. The van der Waals surface area contributed by atoms with Crippen molar-refractivity contribution >= 4 is 37.7 Å². The van der Waals surface area contributed by atoms with Crippen molar-refractivity contribution in [1.82, 2.24) is 14.6 Å². The number of aliphatic hydroxyl groups is 1. The molecule has 0 spiro atoms. The lowest BCUT2D eigenvalue weighted by atomic mass is 9.89.